The van der Waals surface area contributed by atoms with E-state index < -0.39 is 0 Å². The van der Waals surface area contributed by atoms with Gasteiger partial charge in [0, 0.05) is 35.2 Å². The van der Waals surface area contributed by atoms with Crippen LogP contribution >= 0.6 is 11.8 Å². The van der Waals surface area contributed by atoms with E-state index in [0.29, 0.717) is 6.42 Å². The number of carbonyl (C=O) groups is 1. The van der Waals surface area contributed by atoms with E-state index in [1.165, 1.54) is 34.3 Å². The third kappa shape index (κ3) is 6.32. The number of ether oxygens (including phenoxy) is 1. The maximum absolute atomic E-state index is 10.7. The Morgan fingerprint density at radius 2 is 1.94 bits per heavy atom. The fourth-order valence-corrected chi connectivity index (χ4v) is 3.88. The Hall–Kier alpha value is -2.83. The molecule has 5 nitrogen and oxygen atoms in total. The van der Waals surface area contributed by atoms with Crippen LogP contribution in [0.4, 0.5) is 0 Å². The Bertz CT molecular complexity index is 982. The van der Waals surface area contributed by atoms with Crippen molar-refractivity contribution in [2.75, 3.05) is 21.3 Å². The third-order valence-corrected chi connectivity index (χ3v) is 5.72. The van der Waals surface area contributed by atoms with Crippen LogP contribution in [0.5, 0.6) is 5.75 Å². The summed E-state index contributed by atoms with van der Waals surface area (Å²) < 4.78 is 5.60. The van der Waals surface area contributed by atoms with E-state index in [4.69, 9.17) is 9.73 Å². The smallest absolute Gasteiger partial charge is 0.249 e. The summed E-state index contributed by atoms with van der Waals surface area (Å²) in [4.78, 5) is 21.5. The molecule has 1 heterocycles. The van der Waals surface area contributed by atoms with Gasteiger partial charge in [0.25, 0.3) is 0 Å². The molecule has 0 unspecified atom stereocenters. The number of hydroxylamine groups is 2. The lowest BCUT2D eigenvalue weighted by molar-refractivity contribution is -0.167. The van der Waals surface area contributed by atoms with Crippen molar-refractivity contribution in [3.63, 3.8) is 0 Å². The predicted molar refractivity (Wildman–Crippen MR) is 129 cm³/mol. The molecule has 0 fully saturated rings. The van der Waals surface area contributed by atoms with Gasteiger partial charge in [-0.05, 0) is 36.4 Å². The van der Waals surface area contributed by atoms with Crippen LogP contribution in [0.25, 0.3) is 0 Å². The first-order chi connectivity index (χ1) is 15.0. The first-order valence-corrected chi connectivity index (χ1v) is 10.9. The SMILES string of the molecule is C=CCC(=O)N(C)OC.CCC1=CSc2ccccc2C(c2c(C)cccc2OC)=N1. The minimum Gasteiger partial charge on any atom is -0.496 e. The molecule has 0 saturated carbocycles. The molecular formula is C25H30N2O3S. The summed E-state index contributed by atoms with van der Waals surface area (Å²) in [7, 11) is 4.72. The van der Waals surface area contributed by atoms with Crippen molar-refractivity contribution in [3.05, 3.63) is 82.9 Å². The van der Waals surface area contributed by atoms with Crippen LogP contribution in [0.15, 0.2) is 76.1 Å². The van der Waals surface area contributed by atoms with E-state index in [-0.39, 0.29) is 5.91 Å². The average molecular weight is 439 g/mol. The van der Waals surface area contributed by atoms with Crippen molar-refractivity contribution < 1.29 is 14.4 Å². The number of hydrogen-bond donors (Lipinski definition) is 0. The fraction of sp³-hybridized carbons (Fsp3) is 0.280. The number of carbonyl (C=O) groups excluding carboxylic acids is 1. The standard InChI is InChI=1S/C19H19NOS.C6H11NO2/c1-4-14-12-22-17-11-6-5-9-15(17)19(20-14)18-13(2)8-7-10-16(18)21-3;1-4-5-6(8)7(2)9-3/h5-12H,4H2,1-3H3;4H,1,5H2,2-3H3. The molecule has 0 spiro atoms. The number of hydrogen-bond acceptors (Lipinski definition) is 5. The van der Waals surface area contributed by atoms with Gasteiger partial charge in [-0.2, -0.15) is 0 Å². The number of thioether (sulfide) groups is 1. The first kappa shape index (κ1) is 24.4. The summed E-state index contributed by atoms with van der Waals surface area (Å²) >= 11 is 1.74. The molecule has 0 atom stereocenters. The summed E-state index contributed by atoms with van der Waals surface area (Å²) in [6.45, 7) is 7.66. The summed E-state index contributed by atoms with van der Waals surface area (Å²) in [6.07, 6.45) is 2.78. The second-order valence-corrected chi connectivity index (χ2v) is 7.67. The highest BCUT2D eigenvalue weighted by molar-refractivity contribution is 8.02. The topological polar surface area (TPSA) is 51.1 Å². The zero-order valence-electron chi connectivity index (χ0n) is 18.8. The number of allylic oxidation sites excluding steroid dienone is 1. The van der Waals surface area contributed by atoms with Crippen molar-refractivity contribution in [1.82, 2.24) is 5.06 Å². The molecule has 0 aromatic heterocycles. The zero-order chi connectivity index (χ0) is 22.8. The number of nitrogens with zero attached hydrogens (tertiary/aromatic N) is 2. The number of fused-ring (bicyclic) bond motifs is 1. The lowest BCUT2D eigenvalue weighted by Gasteiger charge is -2.15. The van der Waals surface area contributed by atoms with Crippen molar-refractivity contribution in [2.24, 2.45) is 4.99 Å². The molecule has 0 saturated heterocycles. The van der Waals surface area contributed by atoms with E-state index in [9.17, 15) is 4.79 Å². The molecule has 2 aromatic carbocycles. The van der Waals surface area contributed by atoms with Gasteiger partial charge in [-0.1, -0.05) is 55.1 Å². The number of benzene rings is 2. The minimum atomic E-state index is -0.0903. The number of aliphatic imine (C=N–C) groups is 1. The molecule has 31 heavy (non-hydrogen) atoms. The van der Waals surface area contributed by atoms with Gasteiger partial charge in [-0.15, -0.1) is 6.58 Å². The monoisotopic (exact) mass is 438 g/mol. The highest BCUT2D eigenvalue weighted by Gasteiger charge is 2.20. The van der Waals surface area contributed by atoms with E-state index in [0.717, 1.165) is 29.1 Å². The van der Waals surface area contributed by atoms with Crippen LogP contribution in [-0.2, 0) is 9.63 Å². The van der Waals surface area contributed by atoms with Gasteiger partial charge in [0.05, 0.1) is 19.9 Å². The van der Waals surface area contributed by atoms with Crippen LogP contribution in [-0.4, -0.2) is 37.9 Å². The molecule has 3 rings (SSSR count). The maximum Gasteiger partial charge on any atom is 0.249 e. The van der Waals surface area contributed by atoms with Crippen LogP contribution in [0.2, 0.25) is 0 Å². The van der Waals surface area contributed by atoms with E-state index in [1.807, 2.05) is 12.1 Å². The Balaban J connectivity index is 0.000000323. The fourth-order valence-electron chi connectivity index (χ4n) is 2.95. The van der Waals surface area contributed by atoms with E-state index in [2.05, 4.69) is 61.0 Å². The molecule has 1 amide bonds. The predicted octanol–water partition coefficient (Wildman–Crippen LogP) is 5.78. The summed E-state index contributed by atoms with van der Waals surface area (Å²) in [5, 5.41) is 3.32. The van der Waals surface area contributed by atoms with Crippen molar-refractivity contribution in [1.29, 1.82) is 0 Å². The van der Waals surface area contributed by atoms with Gasteiger partial charge in [-0.3, -0.25) is 14.6 Å². The molecular weight excluding hydrogens is 408 g/mol. The molecule has 0 N–H and O–H groups in total. The Kier molecular flexibility index (Phi) is 9.56. The zero-order valence-corrected chi connectivity index (χ0v) is 19.7. The van der Waals surface area contributed by atoms with E-state index in [1.54, 1.807) is 25.9 Å². The summed E-state index contributed by atoms with van der Waals surface area (Å²) in [5.41, 5.74) is 5.53. The Morgan fingerprint density at radius 1 is 1.19 bits per heavy atom. The van der Waals surface area contributed by atoms with Crippen LogP contribution in [0.1, 0.15) is 36.5 Å². The van der Waals surface area contributed by atoms with Gasteiger partial charge in [0.1, 0.15) is 5.75 Å². The van der Waals surface area contributed by atoms with Gasteiger partial charge in [0.15, 0.2) is 0 Å². The maximum atomic E-state index is 10.7. The number of amides is 1. The van der Waals surface area contributed by atoms with Gasteiger partial charge in [-0.25, -0.2) is 5.06 Å². The minimum absolute atomic E-state index is 0.0903. The molecule has 2 aromatic rings. The molecule has 164 valence electrons. The highest BCUT2D eigenvalue weighted by Crippen LogP contribution is 2.35. The van der Waals surface area contributed by atoms with Gasteiger partial charge in [0.2, 0.25) is 5.91 Å². The molecule has 1 aliphatic rings. The van der Waals surface area contributed by atoms with Crippen LogP contribution < -0.4 is 4.74 Å². The molecule has 0 aliphatic carbocycles. The average Bonchev–Trinajstić information content (AvgIpc) is 2.98. The quantitative estimate of drug-likeness (QED) is 0.424. The highest BCUT2D eigenvalue weighted by atomic mass is 32.2. The molecule has 6 heteroatoms. The van der Waals surface area contributed by atoms with Crippen molar-refractivity contribution in [3.8, 4) is 5.75 Å². The summed E-state index contributed by atoms with van der Waals surface area (Å²) in [5.74, 6) is 0.781. The number of rotatable bonds is 6. The second kappa shape index (κ2) is 12.1. The van der Waals surface area contributed by atoms with Gasteiger partial charge < -0.3 is 4.74 Å². The number of aryl methyl sites for hydroxylation is 1. The van der Waals surface area contributed by atoms with Crippen LogP contribution in [0.3, 0.4) is 0 Å². The molecule has 0 radical (unpaired) electrons. The largest absolute Gasteiger partial charge is 0.496 e. The van der Waals surface area contributed by atoms with Crippen molar-refractivity contribution in [2.45, 2.75) is 31.6 Å². The van der Waals surface area contributed by atoms with Crippen LogP contribution in [0, 0.1) is 6.92 Å². The van der Waals surface area contributed by atoms with Gasteiger partial charge >= 0.3 is 0 Å². The summed E-state index contributed by atoms with van der Waals surface area (Å²) in [6, 6.07) is 14.6. The second-order valence-electron chi connectivity index (χ2n) is 6.76. The van der Waals surface area contributed by atoms with Crippen molar-refractivity contribution >= 4 is 23.4 Å². The molecule has 1 aliphatic heterocycles. The van der Waals surface area contributed by atoms with E-state index >= 15 is 0 Å². The third-order valence-electron chi connectivity index (χ3n) is 4.72. The first-order valence-electron chi connectivity index (χ1n) is 10.1. The molecule has 0 bridgehead atoms. The lowest BCUT2D eigenvalue weighted by atomic mass is 9.96. The Morgan fingerprint density at radius 3 is 2.58 bits per heavy atom. The number of methoxy groups -OCH3 is 1. The Labute approximate surface area is 189 Å². The lowest BCUT2D eigenvalue weighted by Crippen LogP contribution is -2.24. The normalized spacial score (nSPS) is 12.3.